The molecule has 3 aliphatic rings. The van der Waals surface area contributed by atoms with Crippen molar-refractivity contribution < 1.29 is 0 Å². The van der Waals surface area contributed by atoms with Gasteiger partial charge in [-0.05, 0) is 6.42 Å². The third kappa shape index (κ3) is 0.730. The second-order valence-corrected chi connectivity index (χ2v) is 4.07. The minimum atomic E-state index is 0.445. The Labute approximate surface area is 72.8 Å². The smallest absolute Gasteiger partial charge is 0.0771 e. The number of nitrogens with zero attached hydrogens (tertiary/aromatic N) is 1. The fourth-order valence-corrected chi connectivity index (χ4v) is 2.57. The van der Waals surface area contributed by atoms with Crippen LogP contribution in [-0.4, -0.2) is 43.2 Å². The highest BCUT2D eigenvalue weighted by Gasteiger charge is 2.45. The molecule has 0 aromatic rings. The van der Waals surface area contributed by atoms with E-state index in [-0.39, 0.29) is 0 Å². The molecule has 2 N–H and O–H groups in total. The third-order valence-corrected chi connectivity index (χ3v) is 3.32. The van der Waals surface area contributed by atoms with Crippen LogP contribution in [0.1, 0.15) is 6.42 Å². The molecule has 12 heavy (non-hydrogen) atoms. The summed E-state index contributed by atoms with van der Waals surface area (Å²) in [6.07, 6.45) is 3.63. The van der Waals surface area contributed by atoms with Gasteiger partial charge in [0.05, 0.1) is 5.54 Å². The van der Waals surface area contributed by atoms with Gasteiger partial charge < -0.3 is 15.5 Å². The van der Waals surface area contributed by atoms with Gasteiger partial charge in [0.25, 0.3) is 0 Å². The van der Waals surface area contributed by atoms with Gasteiger partial charge in [0.2, 0.25) is 0 Å². The first kappa shape index (κ1) is 6.92. The van der Waals surface area contributed by atoms with Gasteiger partial charge in [-0.15, -0.1) is 0 Å². The van der Waals surface area contributed by atoms with Gasteiger partial charge in [-0.2, -0.15) is 0 Å². The molecule has 3 heterocycles. The highest BCUT2D eigenvalue weighted by molar-refractivity contribution is 5.22. The number of hydrogen-bond acceptors (Lipinski definition) is 3. The summed E-state index contributed by atoms with van der Waals surface area (Å²) in [6.45, 7) is 5.83. The fourth-order valence-electron chi connectivity index (χ4n) is 2.57. The minimum Gasteiger partial charge on any atom is -0.364 e. The van der Waals surface area contributed by atoms with Crippen molar-refractivity contribution in [2.24, 2.45) is 0 Å². The molecule has 0 aromatic heterocycles. The zero-order valence-electron chi connectivity index (χ0n) is 7.27. The molecule has 0 aromatic carbocycles. The largest absolute Gasteiger partial charge is 0.364 e. The van der Waals surface area contributed by atoms with Crippen molar-refractivity contribution in [3.63, 3.8) is 0 Å². The van der Waals surface area contributed by atoms with Crippen molar-refractivity contribution in [1.82, 2.24) is 15.5 Å². The molecule has 0 unspecified atom stereocenters. The maximum Gasteiger partial charge on any atom is 0.0771 e. The first-order valence-electron chi connectivity index (χ1n) is 4.79. The van der Waals surface area contributed by atoms with Gasteiger partial charge >= 0.3 is 0 Å². The molecule has 0 bridgehead atoms. The van der Waals surface area contributed by atoms with E-state index < -0.39 is 0 Å². The molecule has 0 atom stereocenters. The van der Waals surface area contributed by atoms with E-state index >= 15 is 0 Å². The quantitative estimate of drug-likeness (QED) is 0.508. The minimum absolute atomic E-state index is 0.445. The van der Waals surface area contributed by atoms with Crippen LogP contribution in [0, 0.1) is 0 Å². The van der Waals surface area contributed by atoms with Crippen LogP contribution in [0.25, 0.3) is 0 Å². The average Bonchev–Trinajstić information content (AvgIpc) is 2.47. The number of piperazine rings is 1. The lowest BCUT2D eigenvalue weighted by Gasteiger charge is -2.54. The molecule has 3 heteroatoms. The van der Waals surface area contributed by atoms with Crippen LogP contribution in [0.2, 0.25) is 0 Å². The Morgan fingerprint density at radius 3 is 2.83 bits per heavy atom. The van der Waals surface area contributed by atoms with Gasteiger partial charge in [0, 0.05) is 38.4 Å². The normalized spacial score (nSPS) is 31.3. The number of nitrogens with one attached hydrogen (secondary N) is 2. The summed E-state index contributed by atoms with van der Waals surface area (Å²) in [7, 11) is 0. The molecule has 3 rings (SSSR count). The number of hydrogen-bond donors (Lipinski definition) is 2. The maximum atomic E-state index is 3.50. The summed E-state index contributed by atoms with van der Waals surface area (Å²) >= 11 is 0. The summed E-state index contributed by atoms with van der Waals surface area (Å²) in [4.78, 5) is 2.61. The van der Waals surface area contributed by atoms with E-state index in [1.165, 1.54) is 18.7 Å². The van der Waals surface area contributed by atoms with E-state index in [1.807, 2.05) is 0 Å². The van der Waals surface area contributed by atoms with Crippen LogP contribution in [0.15, 0.2) is 11.8 Å². The Kier molecular flexibility index (Phi) is 1.29. The summed E-state index contributed by atoms with van der Waals surface area (Å²) in [5.41, 5.74) is 1.98. The van der Waals surface area contributed by atoms with Gasteiger partial charge in [-0.3, -0.25) is 0 Å². The molecular formula is C9H15N3. The van der Waals surface area contributed by atoms with Crippen LogP contribution in [-0.2, 0) is 0 Å². The Hall–Kier alpha value is -0.540. The summed E-state index contributed by atoms with van der Waals surface area (Å²) < 4.78 is 0. The highest BCUT2D eigenvalue weighted by atomic mass is 15.3. The molecule has 1 spiro atoms. The lowest BCUT2D eigenvalue weighted by molar-refractivity contribution is 0.0577. The third-order valence-electron chi connectivity index (χ3n) is 3.32. The van der Waals surface area contributed by atoms with Crippen molar-refractivity contribution in [2.75, 3.05) is 32.7 Å². The standard InChI is InChI=1S/C9H15N3/c1-2-8-4-10-5-9(6-11-7-9)12(8)3-1/h2,10-11H,1,3-7H2. The molecule has 3 aliphatic heterocycles. The van der Waals surface area contributed by atoms with E-state index in [2.05, 4.69) is 21.6 Å². The Morgan fingerprint density at radius 1 is 1.25 bits per heavy atom. The van der Waals surface area contributed by atoms with Crippen molar-refractivity contribution in [2.45, 2.75) is 12.0 Å². The molecule has 2 fully saturated rings. The Balaban J connectivity index is 1.90. The zero-order valence-corrected chi connectivity index (χ0v) is 7.27. The maximum absolute atomic E-state index is 3.50. The molecular weight excluding hydrogens is 150 g/mol. The fraction of sp³-hybridized carbons (Fsp3) is 0.778. The second-order valence-electron chi connectivity index (χ2n) is 4.07. The predicted molar refractivity (Wildman–Crippen MR) is 47.9 cm³/mol. The lowest BCUT2D eigenvalue weighted by Crippen LogP contribution is -2.74. The average molecular weight is 165 g/mol. The van der Waals surface area contributed by atoms with Crippen molar-refractivity contribution in [3.8, 4) is 0 Å². The first-order chi connectivity index (χ1) is 5.91. The van der Waals surface area contributed by atoms with Crippen LogP contribution < -0.4 is 10.6 Å². The van der Waals surface area contributed by atoms with Crippen molar-refractivity contribution in [1.29, 1.82) is 0 Å². The molecule has 0 aliphatic carbocycles. The summed E-state index contributed by atoms with van der Waals surface area (Å²) in [5, 5.41) is 6.87. The molecule has 2 saturated heterocycles. The van der Waals surface area contributed by atoms with Crippen LogP contribution in [0.5, 0.6) is 0 Å². The molecule has 0 radical (unpaired) electrons. The predicted octanol–water partition coefficient (Wildman–Crippen LogP) is -0.479. The summed E-state index contributed by atoms with van der Waals surface area (Å²) in [5.74, 6) is 0. The summed E-state index contributed by atoms with van der Waals surface area (Å²) in [6, 6.07) is 0. The van der Waals surface area contributed by atoms with Gasteiger partial charge in [0.1, 0.15) is 0 Å². The van der Waals surface area contributed by atoms with Gasteiger partial charge in [0.15, 0.2) is 0 Å². The molecule has 66 valence electrons. The van der Waals surface area contributed by atoms with Crippen LogP contribution >= 0.6 is 0 Å². The number of rotatable bonds is 0. The zero-order chi connectivity index (χ0) is 8.02. The Morgan fingerprint density at radius 2 is 2.08 bits per heavy atom. The number of fused-ring (bicyclic) bond motifs is 2. The van der Waals surface area contributed by atoms with Crippen molar-refractivity contribution >= 4 is 0 Å². The van der Waals surface area contributed by atoms with E-state index in [1.54, 1.807) is 0 Å². The van der Waals surface area contributed by atoms with E-state index in [0.29, 0.717) is 5.54 Å². The SMILES string of the molecule is C1=C2CNCC3(CNC3)N2CC1. The topological polar surface area (TPSA) is 27.3 Å². The highest BCUT2D eigenvalue weighted by Crippen LogP contribution is 2.31. The van der Waals surface area contributed by atoms with E-state index in [9.17, 15) is 0 Å². The molecule has 3 nitrogen and oxygen atoms in total. The second kappa shape index (κ2) is 2.24. The van der Waals surface area contributed by atoms with Crippen molar-refractivity contribution in [3.05, 3.63) is 11.8 Å². The van der Waals surface area contributed by atoms with Crippen LogP contribution in [0.3, 0.4) is 0 Å². The van der Waals surface area contributed by atoms with Crippen LogP contribution in [0.4, 0.5) is 0 Å². The molecule has 0 amide bonds. The first-order valence-corrected chi connectivity index (χ1v) is 4.79. The molecule has 0 saturated carbocycles. The van der Waals surface area contributed by atoms with Gasteiger partial charge in [-0.1, -0.05) is 6.08 Å². The van der Waals surface area contributed by atoms with E-state index in [0.717, 1.165) is 26.2 Å². The van der Waals surface area contributed by atoms with Gasteiger partial charge in [-0.25, -0.2) is 0 Å². The monoisotopic (exact) mass is 165 g/mol. The Bertz CT molecular complexity index is 230. The lowest BCUT2D eigenvalue weighted by atomic mass is 9.88. The van der Waals surface area contributed by atoms with E-state index in [4.69, 9.17) is 0 Å².